The smallest absolute Gasteiger partial charge is 0.0946 e. The van der Waals surface area contributed by atoms with Gasteiger partial charge in [0.15, 0.2) is 0 Å². The van der Waals surface area contributed by atoms with Crippen LogP contribution in [0.1, 0.15) is 60.1 Å². The lowest BCUT2D eigenvalue weighted by atomic mass is 9.91. The van der Waals surface area contributed by atoms with Gasteiger partial charge in [0.25, 0.3) is 0 Å². The predicted octanol–water partition coefficient (Wildman–Crippen LogP) is 4.72. The van der Waals surface area contributed by atoms with Crippen molar-refractivity contribution in [1.29, 1.82) is 0 Å². The Hall–Kier alpha value is -1.58. The molecule has 2 heterocycles. The third kappa shape index (κ3) is 9.93. The summed E-state index contributed by atoms with van der Waals surface area (Å²) >= 11 is 0. The molecule has 0 unspecified atom stereocenters. The van der Waals surface area contributed by atoms with Crippen LogP contribution in [0.4, 0.5) is 0 Å². The molecule has 23 heavy (non-hydrogen) atoms. The van der Waals surface area contributed by atoms with Gasteiger partial charge in [-0.05, 0) is 30.1 Å². The van der Waals surface area contributed by atoms with Crippen LogP contribution in [-0.4, -0.2) is 19.1 Å². The van der Waals surface area contributed by atoms with Crippen LogP contribution in [0.5, 0.6) is 0 Å². The van der Waals surface area contributed by atoms with Crippen LogP contribution < -0.4 is 0 Å². The van der Waals surface area contributed by atoms with Gasteiger partial charge in [-0.1, -0.05) is 41.5 Å². The van der Waals surface area contributed by atoms with E-state index in [0.29, 0.717) is 10.8 Å². The van der Waals surface area contributed by atoms with E-state index in [1.54, 1.807) is 0 Å². The molecule has 4 heteroatoms. The topological polar surface area (TPSA) is 35.6 Å². The van der Waals surface area contributed by atoms with E-state index < -0.39 is 0 Å². The zero-order valence-corrected chi connectivity index (χ0v) is 16.0. The Kier molecular flexibility index (Phi) is 7.04. The van der Waals surface area contributed by atoms with Crippen molar-refractivity contribution < 1.29 is 0 Å². The highest BCUT2D eigenvalue weighted by molar-refractivity contribution is 4.98. The average Bonchev–Trinajstić information content (AvgIpc) is 2.98. The number of aromatic nitrogens is 4. The highest BCUT2D eigenvalue weighted by Gasteiger charge is 2.12. The molecule has 0 spiro atoms. The molecule has 4 nitrogen and oxygen atoms in total. The molecule has 0 aliphatic heterocycles. The van der Waals surface area contributed by atoms with Crippen LogP contribution in [0.25, 0.3) is 0 Å². The molecule has 0 aliphatic carbocycles. The van der Waals surface area contributed by atoms with E-state index in [1.807, 2.05) is 36.7 Å². The minimum atomic E-state index is 0.342. The third-order valence-electron chi connectivity index (χ3n) is 3.37. The molecule has 2 aromatic rings. The summed E-state index contributed by atoms with van der Waals surface area (Å²) in [6, 6.07) is 0. The molecule has 0 saturated heterocycles. The Bertz CT molecular complexity index is 539. The van der Waals surface area contributed by atoms with Crippen LogP contribution in [0.15, 0.2) is 31.2 Å². The number of nitrogens with zero attached hydrogens (tertiary/aromatic N) is 4. The molecule has 0 fully saturated rings. The van der Waals surface area contributed by atoms with Crippen LogP contribution in [0.3, 0.4) is 0 Å². The van der Waals surface area contributed by atoms with Crippen LogP contribution in [0.2, 0.25) is 0 Å². The van der Waals surface area contributed by atoms with Crippen molar-refractivity contribution in [3.63, 3.8) is 0 Å². The molecule has 0 aromatic carbocycles. The van der Waals surface area contributed by atoms with E-state index in [2.05, 4.69) is 62.3 Å². The second kappa shape index (κ2) is 8.32. The van der Waals surface area contributed by atoms with Crippen molar-refractivity contribution in [2.75, 3.05) is 0 Å². The van der Waals surface area contributed by atoms with Gasteiger partial charge < -0.3 is 9.13 Å². The van der Waals surface area contributed by atoms with E-state index in [1.165, 1.54) is 18.5 Å². The van der Waals surface area contributed by atoms with Gasteiger partial charge in [-0.3, -0.25) is 0 Å². The van der Waals surface area contributed by atoms with E-state index in [4.69, 9.17) is 0 Å². The molecule has 0 radical (unpaired) electrons. The van der Waals surface area contributed by atoms with E-state index in [9.17, 15) is 0 Å². The van der Waals surface area contributed by atoms with Gasteiger partial charge in [-0.25, -0.2) is 9.97 Å². The van der Waals surface area contributed by atoms with Crippen molar-refractivity contribution in [3.05, 3.63) is 36.9 Å². The average molecular weight is 319 g/mol. The van der Waals surface area contributed by atoms with Crippen molar-refractivity contribution in [2.24, 2.45) is 17.9 Å². The minimum Gasteiger partial charge on any atom is -0.340 e. The fourth-order valence-electron chi connectivity index (χ4n) is 2.31. The molecular weight excluding hydrogens is 284 g/mol. The van der Waals surface area contributed by atoms with Crippen molar-refractivity contribution >= 4 is 0 Å². The van der Waals surface area contributed by atoms with Crippen LogP contribution >= 0.6 is 0 Å². The summed E-state index contributed by atoms with van der Waals surface area (Å²) in [6.07, 6.45) is 13.2. The first-order valence-corrected chi connectivity index (χ1v) is 8.48. The summed E-state index contributed by atoms with van der Waals surface area (Å²) in [6.45, 7) is 14.6. The van der Waals surface area contributed by atoms with Gasteiger partial charge in [0.05, 0.1) is 18.3 Å². The van der Waals surface area contributed by atoms with E-state index in [0.717, 1.165) is 13.0 Å². The summed E-state index contributed by atoms with van der Waals surface area (Å²) in [4.78, 5) is 8.26. The molecule has 2 aromatic heterocycles. The molecule has 130 valence electrons. The Morgan fingerprint density at radius 1 is 1.00 bits per heavy atom. The lowest BCUT2D eigenvalue weighted by molar-refractivity contribution is 0.353. The predicted molar refractivity (Wildman–Crippen MR) is 97.3 cm³/mol. The summed E-state index contributed by atoms with van der Waals surface area (Å²) < 4.78 is 4.12. The number of hydrogen-bond donors (Lipinski definition) is 0. The molecular formula is C19H34N4. The maximum atomic E-state index is 4.26. The second-order valence-corrected chi connectivity index (χ2v) is 8.73. The van der Waals surface area contributed by atoms with Crippen molar-refractivity contribution in [1.82, 2.24) is 19.1 Å². The normalized spacial score (nSPS) is 12.0. The second-order valence-electron chi connectivity index (χ2n) is 8.73. The summed E-state index contributed by atoms with van der Waals surface area (Å²) in [5.74, 6) is 0. The largest absolute Gasteiger partial charge is 0.340 e. The highest BCUT2D eigenvalue weighted by atomic mass is 15.0. The lowest BCUT2D eigenvalue weighted by Crippen LogP contribution is -2.09. The number of imidazole rings is 2. The van der Waals surface area contributed by atoms with Gasteiger partial charge in [0.2, 0.25) is 0 Å². The first kappa shape index (κ1) is 19.5. The molecule has 0 aliphatic rings. The highest BCUT2D eigenvalue weighted by Crippen LogP contribution is 2.20. The fraction of sp³-hybridized carbons (Fsp3) is 0.684. The lowest BCUT2D eigenvalue weighted by Gasteiger charge is -2.17. The maximum absolute atomic E-state index is 4.26. The van der Waals surface area contributed by atoms with Gasteiger partial charge in [0, 0.05) is 32.2 Å². The molecule has 0 N–H and O–H groups in total. The minimum absolute atomic E-state index is 0.342. The fourth-order valence-corrected chi connectivity index (χ4v) is 2.31. The van der Waals surface area contributed by atoms with E-state index >= 15 is 0 Å². The number of rotatable bonds is 4. The summed E-state index contributed by atoms with van der Waals surface area (Å²) in [5.41, 5.74) is 1.98. The summed E-state index contributed by atoms with van der Waals surface area (Å²) in [7, 11) is 2.00. The zero-order chi connectivity index (χ0) is 17.5. The zero-order valence-electron chi connectivity index (χ0n) is 16.0. The van der Waals surface area contributed by atoms with Crippen LogP contribution in [-0.2, 0) is 20.0 Å². The van der Waals surface area contributed by atoms with Crippen molar-refractivity contribution in [3.8, 4) is 0 Å². The quantitative estimate of drug-likeness (QED) is 0.818. The Labute approximate surface area is 142 Å². The standard InChI is InChI=1S/C10H18N2.C9H16N2/c1-10(2,3)5-4-7-12-8-6-11-9-12;1-9(2,3)5-8-6-11(4)7-10-8/h6,8-9H,4-5,7H2,1-3H3;6-7H,5H2,1-4H3. The Morgan fingerprint density at radius 2 is 1.70 bits per heavy atom. The summed E-state index contributed by atoms with van der Waals surface area (Å²) in [5, 5.41) is 0. The Balaban J connectivity index is 0.000000231. The molecule has 0 amide bonds. The van der Waals surface area contributed by atoms with Gasteiger partial charge in [-0.15, -0.1) is 0 Å². The first-order valence-electron chi connectivity index (χ1n) is 8.48. The van der Waals surface area contributed by atoms with Gasteiger partial charge >= 0.3 is 0 Å². The molecule has 0 atom stereocenters. The molecule has 0 bridgehead atoms. The SMILES string of the molecule is CC(C)(C)CCCn1ccnc1.Cn1cnc(CC(C)(C)C)c1. The van der Waals surface area contributed by atoms with Crippen LogP contribution in [0, 0.1) is 10.8 Å². The number of aryl methyl sites for hydroxylation is 2. The molecule has 2 rings (SSSR count). The Morgan fingerprint density at radius 3 is 2.13 bits per heavy atom. The van der Waals surface area contributed by atoms with Gasteiger partial charge in [-0.2, -0.15) is 0 Å². The monoisotopic (exact) mass is 318 g/mol. The molecule has 0 saturated carbocycles. The first-order chi connectivity index (χ1) is 10.6. The number of hydrogen-bond acceptors (Lipinski definition) is 2. The maximum Gasteiger partial charge on any atom is 0.0946 e. The third-order valence-corrected chi connectivity index (χ3v) is 3.37. The van der Waals surface area contributed by atoms with E-state index in [-0.39, 0.29) is 0 Å². The van der Waals surface area contributed by atoms with Gasteiger partial charge in [0.1, 0.15) is 0 Å². The van der Waals surface area contributed by atoms with Crippen molar-refractivity contribution in [2.45, 2.75) is 67.3 Å².